The van der Waals surface area contributed by atoms with Gasteiger partial charge in [-0.15, -0.1) is 0 Å². The van der Waals surface area contributed by atoms with E-state index in [1.54, 1.807) is 26.1 Å². The molecular weight excluding hydrogens is 293 g/mol. The van der Waals surface area contributed by atoms with Crippen LogP contribution in [0.1, 0.15) is 28.9 Å². The number of anilines is 1. The molecule has 2 aromatic rings. The standard InChI is InChI=1S/C15H15ClFN3O/c1-9(10-4-3-5-12(17)6-10)20-15(21)11-7-13(16)14(18-2)19-8-11/h3-9H,1-2H3,(H,18,19)(H,20,21). The van der Waals surface area contributed by atoms with Crippen LogP contribution in [0, 0.1) is 5.82 Å². The topological polar surface area (TPSA) is 54.0 Å². The molecule has 0 aliphatic rings. The first-order valence-electron chi connectivity index (χ1n) is 6.41. The molecule has 0 bridgehead atoms. The van der Waals surface area contributed by atoms with Crippen molar-refractivity contribution >= 4 is 23.3 Å². The lowest BCUT2D eigenvalue weighted by Crippen LogP contribution is -2.26. The zero-order valence-corrected chi connectivity index (χ0v) is 12.4. The minimum Gasteiger partial charge on any atom is -0.372 e. The van der Waals surface area contributed by atoms with Crippen LogP contribution in [0.25, 0.3) is 0 Å². The summed E-state index contributed by atoms with van der Waals surface area (Å²) in [5, 5.41) is 5.96. The summed E-state index contributed by atoms with van der Waals surface area (Å²) in [4.78, 5) is 16.2. The van der Waals surface area contributed by atoms with E-state index in [1.165, 1.54) is 24.4 Å². The van der Waals surface area contributed by atoms with Gasteiger partial charge < -0.3 is 10.6 Å². The van der Waals surface area contributed by atoms with Gasteiger partial charge in [0.25, 0.3) is 5.91 Å². The normalized spacial score (nSPS) is 11.8. The van der Waals surface area contributed by atoms with E-state index in [1.807, 2.05) is 0 Å². The molecule has 1 atom stereocenters. The number of hydrogen-bond donors (Lipinski definition) is 2. The smallest absolute Gasteiger partial charge is 0.253 e. The third-order valence-electron chi connectivity index (χ3n) is 3.04. The van der Waals surface area contributed by atoms with E-state index in [0.29, 0.717) is 22.0 Å². The zero-order valence-electron chi connectivity index (χ0n) is 11.7. The quantitative estimate of drug-likeness (QED) is 0.910. The Morgan fingerprint density at radius 1 is 1.38 bits per heavy atom. The van der Waals surface area contributed by atoms with Crippen molar-refractivity contribution in [3.63, 3.8) is 0 Å². The molecular formula is C15H15ClFN3O. The van der Waals surface area contributed by atoms with E-state index < -0.39 is 0 Å². The second-order valence-corrected chi connectivity index (χ2v) is 4.96. The first kappa shape index (κ1) is 15.3. The molecule has 0 radical (unpaired) electrons. The summed E-state index contributed by atoms with van der Waals surface area (Å²) >= 11 is 5.99. The Morgan fingerprint density at radius 2 is 2.14 bits per heavy atom. The number of aromatic nitrogens is 1. The molecule has 0 saturated heterocycles. The van der Waals surface area contributed by atoms with Crippen LogP contribution >= 0.6 is 11.6 Å². The fourth-order valence-electron chi connectivity index (χ4n) is 1.89. The maximum Gasteiger partial charge on any atom is 0.253 e. The van der Waals surface area contributed by atoms with E-state index in [9.17, 15) is 9.18 Å². The summed E-state index contributed by atoms with van der Waals surface area (Å²) in [7, 11) is 1.69. The van der Waals surface area contributed by atoms with Crippen LogP contribution in [-0.4, -0.2) is 17.9 Å². The van der Waals surface area contributed by atoms with E-state index in [4.69, 9.17) is 11.6 Å². The van der Waals surface area contributed by atoms with Gasteiger partial charge in [-0.1, -0.05) is 23.7 Å². The lowest BCUT2D eigenvalue weighted by Gasteiger charge is -2.14. The summed E-state index contributed by atoms with van der Waals surface area (Å²) < 4.78 is 13.2. The third kappa shape index (κ3) is 3.70. The fraction of sp³-hybridized carbons (Fsp3) is 0.200. The van der Waals surface area contributed by atoms with Gasteiger partial charge in [0.15, 0.2) is 0 Å². The van der Waals surface area contributed by atoms with Crippen molar-refractivity contribution in [3.05, 3.63) is 58.5 Å². The Labute approximate surface area is 127 Å². The number of nitrogens with one attached hydrogen (secondary N) is 2. The van der Waals surface area contributed by atoms with Crippen molar-refractivity contribution in [1.29, 1.82) is 0 Å². The summed E-state index contributed by atoms with van der Waals surface area (Å²) in [5.74, 6) is -0.146. The monoisotopic (exact) mass is 307 g/mol. The predicted molar refractivity (Wildman–Crippen MR) is 81.1 cm³/mol. The molecule has 1 aromatic carbocycles. The summed E-state index contributed by atoms with van der Waals surface area (Å²) in [6, 6.07) is 7.32. The number of carbonyl (C=O) groups is 1. The van der Waals surface area contributed by atoms with Gasteiger partial charge >= 0.3 is 0 Å². The van der Waals surface area contributed by atoms with Crippen molar-refractivity contribution in [3.8, 4) is 0 Å². The highest BCUT2D eigenvalue weighted by molar-refractivity contribution is 6.33. The summed E-state index contributed by atoms with van der Waals surface area (Å²) in [5.41, 5.74) is 1.04. The van der Waals surface area contributed by atoms with Crippen LogP contribution in [0.5, 0.6) is 0 Å². The van der Waals surface area contributed by atoms with Crippen molar-refractivity contribution in [2.75, 3.05) is 12.4 Å². The van der Waals surface area contributed by atoms with Crippen molar-refractivity contribution < 1.29 is 9.18 Å². The summed E-state index contributed by atoms with van der Waals surface area (Å²) in [6.45, 7) is 1.78. The Balaban J connectivity index is 2.12. The van der Waals surface area contributed by atoms with Crippen molar-refractivity contribution in [2.45, 2.75) is 13.0 Å². The summed E-state index contributed by atoms with van der Waals surface area (Å²) in [6.07, 6.45) is 1.44. The minimum atomic E-state index is -0.336. The highest BCUT2D eigenvalue weighted by Gasteiger charge is 2.13. The number of carbonyl (C=O) groups excluding carboxylic acids is 1. The molecule has 0 aliphatic carbocycles. The minimum absolute atomic E-state index is 0.316. The number of halogens is 2. The Hall–Kier alpha value is -2.14. The van der Waals surface area contributed by atoms with Gasteiger partial charge in [0.2, 0.25) is 0 Å². The van der Waals surface area contributed by atoms with Gasteiger partial charge in [0.05, 0.1) is 16.6 Å². The number of benzene rings is 1. The number of amides is 1. The highest BCUT2D eigenvalue weighted by Crippen LogP contribution is 2.20. The fourth-order valence-corrected chi connectivity index (χ4v) is 2.15. The Morgan fingerprint density at radius 3 is 2.76 bits per heavy atom. The molecule has 21 heavy (non-hydrogen) atoms. The molecule has 0 fully saturated rings. The van der Waals surface area contributed by atoms with Crippen molar-refractivity contribution in [2.24, 2.45) is 0 Å². The highest BCUT2D eigenvalue weighted by atomic mass is 35.5. The molecule has 2 rings (SSSR count). The molecule has 0 spiro atoms. The number of rotatable bonds is 4. The van der Waals surface area contributed by atoms with Crippen LogP contribution in [0.4, 0.5) is 10.2 Å². The van der Waals surface area contributed by atoms with E-state index >= 15 is 0 Å². The van der Waals surface area contributed by atoms with Gasteiger partial charge in [-0.25, -0.2) is 9.37 Å². The molecule has 4 nitrogen and oxygen atoms in total. The first-order chi connectivity index (χ1) is 10.0. The average molecular weight is 308 g/mol. The maximum absolute atomic E-state index is 13.2. The van der Waals surface area contributed by atoms with E-state index in [0.717, 1.165) is 0 Å². The van der Waals surface area contributed by atoms with E-state index in [-0.39, 0.29) is 17.8 Å². The van der Waals surface area contributed by atoms with Gasteiger partial charge in [0, 0.05) is 13.2 Å². The van der Waals surface area contributed by atoms with Crippen molar-refractivity contribution in [1.82, 2.24) is 10.3 Å². The molecule has 1 unspecified atom stereocenters. The van der Waals surface area contributed by atoms with Crippen LogP contribution in [0.3, 0.4) is 0 Å². The lowest BCUT2D eigenvalue weighted by atomic mass is 10.1. The molecule has 1 amide bonds. The SMILES string of the molecule is CNc1ncc(C(=O)NC(C)c2cccc(F)c2)cc1Cl. The molecule has 1 heterocycles. The van der Waals surface area contributed by atoms with Gasteiger partial charge in [-0.3, -0.25) is 4.79 Å². The maximum atomic E-state index is 13.2. The zero-order chi connectivity index (χ0) is 15.4. The molecule has 0 aliphatic heterocycles. The van der Waals surface area contributed by atoms with Gasteiger partial charge in [-0.05, 0) is 30.7 Å². The second kappa shape index (κ2) is 6.54. The second-order valence-electron chi connectivity index (χ2n) is 4.55. The third-order valence-corrected chi connectivity index (χ3v) is 3.32. The largest absolute Gasteiger partial charge is 0.372 e. The Kier molecular flexibility index (Phi) is 4.75. The van der Waals surface area contributed by atoms with Crippen LogP contribution < -0.4 is 10.6 Å². The lowest BCUT2D eigenvalue weighted by molar-refractivity contribution is 0.0939. The first-order valence-corrected chi connectivity index (χ1v) is 6.78. The van der Waals surface area contributed by atoms with Gasteiger partial charge in [-0.2, -0.15) is 0 Å². The number of nitrogens with zero attached hydrogens (tertiary/aromatic N) is 1. The Bertz CT molecular complexity index is 663. The van der Waals surface area contributed by atoms with E-state index in [2.05, 4.69) is 15.6 Å². The number of hydrogen-bond acceptors (Lipinski definition) is 3. The molecule has 0 saturated carbocycles. The predicted octanol–water partition coefficient (Wildman–Crippen LogP) is 3.41. The van der Waals surface area contributed by atoms with Crippen LogP contribution in [0.2, 0.25) is 5.02 Å². The average Bonchev–Trinajstić information content (AvgIpc) is 2.47. The molecule has 1 aromatic heterocycles. The van der Waals surface area contributed by atoms with Crippen LogP contribution in [-0.2, 0) is 0 Å². The number of pyridine rings is 1. The van der Waals surface area contributed by atoms with Crippen LogP contribution in [0.15, 0.2) is 36.5 Å². The van der Waals surface area contributed by atoms with Gasteiger partial charge in [0.1, 0.15) is 11.6 Å². The molecule has 2 N–H and O–H groups in total. The molecule has 110 valence electrons. The molecule has 6 heteroatoms.